The smallest absolute Gasteiger partial charge is 0.272 e. The van der Waals surface area contributed by atoms with E-state index in [1.165, 1.54) is 0 Å². The molecule has 0 spiro atoms. The Morgan fingerprint density at radius 2 is 1.77 bits per heavy atom. The maximum atomic E-state index is 13.6. The normalized spacial score (nSPS) is 18.3. The van der Waals surface area contributed by atoms with Gasteiger partial charge < -0.3 is 20.3 Å². The van der Waals surface area contributed by atoms with E-state index in [9.17, 15) is 14.4 Å². The van der Waals surface area contributed by atoms with E-state index in [2.05, 4.69) is 16.3 Å². The van der Waals surface area contributed by atoms with E-state index in [0.717, 1.165) is 41.5 Å². The lowest BCUT2D eigenvalue weighted by atomic mass is 9.98. The molecule has 0 radical (unpaired) electrons. The Morgan fingerprint density at radius 3 is 2.51 bits per heavy atom. The molecule has 9 heteroatoms. The molecule has 3 aliphatic rings. The van der Waals surface area contributed by atoms with Crippen molar-refractivity contribution >= 4 is 22.6 Å². The molecule has 3 N–H and O–H groups in total. The van der Waals surface area contributed by atoms with Crippen molar-refractivity contribution in [2.24, 2.45) is 5.73 Å². The van der Waals surface area contributed by atoms with Gasteiger partial charge in [0, 0.05) is 44.4 Å². The van der Waals surface area contributed by atoms with Crippen LogP contribution in [-0.4, -0.2) is 70.1 Å². The van der Waals surface area contributed by atoms with E-state index in [-0.39, 0.29) is 17.4 Å². The molecule has 0 atom stereocenters. The van der Waals surface area contributed by atoms with Crippen molar-refractivity contribution in [1.29, 1.82) is 0 Å². The van der Waals surface area contributed by atoms with Crippen LogP contribution in [-0.2, 0) is 17.6 Å². The number of nitrogens with two attached hydrogens (primary N) is 1. The van der Waals surface area contributed by atoms with E-state index in [1.54, 1.807) is 15.9 Å². The molecule has 2 aliphatic heterocycles. The minimum atomic E-state index is -0.685. The van der Waals surface area contributed by atoms with Gasteiger partial charge in [-0.3, -0.25) is 14.4 Å². The average molecular weight is 474 g/mol. The minimum absolute atomic E-state index is 0.00329. The monoisotopic (exact) mass is 473 g/mol. The molecule has 3 aromatic rings. The van der Waals surface area contributed by atoms with Crippen LogP contribution in [0.25, 0.3) is 10.8 Å². The zero-order valence-corrected chi connectivity index (χ0v) is 19.4. The van der Waals surface area contributed by atoms with Crippen molar-refractivity contribution in [3.8, 4) is 5.75 Å². The maximum Gasteiger partial charge on any atom is 0.272 e. The molecule has 180 valence electrons. The zero-order valence-electron chi connectivity index (χ0n) is 19.4. The Balaban J connectivity index is 1.26. The second kappa shape index (κ2) is 8.20. The predicted molar refractivity (Wildman–Crippen MR) is 129 cm³/mol. The number of carbonyl (C=O) groups is 2. The van der Waals surface area contributed by atoms with Crippen LogP contribution in [0.1, 0.15) is 40.0 Å². The summed E-state index contributed by atoms with van der Waals surface area (Å²) >= 11 is 0. The number of piperazine rings is 1. The van der Waals surface area contributed by atoms with Crippen LogP contribution in [0.4, 0.5) is 0 Å². The summed E-state index contributed by atoms with van der Waals surface area (Å²) in [4.78, 5) is 41.9. The topological polar surface area (TPSA) is 122 Å². The second-order valence-electron chi connectivity index (χ2n) is 9.69. The van der Waals surface area contributed by atoms with Gasteiger partial charge in [0.05, 0.1) is 28.8 Å². The lowest BCUT2D eigenvalue weighted by Crippen LogP contribution is -2.55. The first-order valence-electron chi connectivity index (χ1n) is 12.1. The van der Waals surface area contributed by atoms with E-state index in [0.29, 0.717) is 55.9 Å². The summed E-state index contributed by atoms with van der Waals surface area (Å²) in [7, 11) is 0. The summed E-state index contributed by atoms with van der Waals surface area (Å²) in [6.45, 7) is 2.44. The highest BCUT2D eigenvalue weighted by molar-refractivity contribution is 5.98. The van der Waals surface area contributed by atoms with Gasteiger partial charge in [-0.25, -0.2) is 5.10 Å². The van der Waals surface area contributed by atoms with Crippen molar-refractivity contribution in [3.05, 3.63) is 69.1 Å². The fraction of sp³-hybridized carbons (Fsp3) is 0.385. The minimum Gasteiger partial charge on any atom is -0.492 e. The summed E-state index contributed by atoms with van der Waals surface area (Å²) in [5.74, 6) is 0.553. The van der Waals surface area contributed by atoms with Crippen LogP contribution in [0.15, 0.2) is 41.2 Å². The molecule has 1 saturated carbocycles. The first kappa shape index (κ1) is 21.8. The molecule has 9 nitrogen and oxygen atoms in total. The number of amides is 2. The van der Waals surface area contributed by atoms with Crippen LogP contribution in [0.3, 0.4) is 0 Å². The van der Waals surface area contributed by atoms with Crippen molar-refractivity contribution in [2.45, 2.75) is 31.2 Å². The van der Waals surface area contributed by atoms with Crippen molar-refractivity contribution in [3.63, 3.8) is 0 Å². The fourth-order valence-corrected chi connectivity index (χ4v) is 5.08. The molecule has 35 heavy (non-hydrogen) atoms. The van der Waals surface area contributed by atoms with Gasteiger partial charge >= 0.3 is 0 Å². The van der Waals surface area contributed by atoms with Gasteiger partial charge in [0.25, 0.3) is 11.5 Å². The highest BCUT2D eigenvalue weighted by atomic mass is 16.5. The van der Waals surface area contributed by atoms with Gasteiger partial charge in [-0.15, -0.1) is 0 Å². The van der Waals surface area contributed by atoms with Crippen molar-refractivity contribution < 1.29 is 14.3 Å². The summed E-state index contributed by atoms with van der Waals surface area (Å²) in [6, 6.07) is 11.3. The Hall–Kier alpha value is -3.72. The third-order valence-electron chi connectivity index (χ3n) is 7.29. The van der Waals surface area contributed by atoms with Gasteiger partial charge in [-0.05, 0) is 36.1 Å². The number of nitrogens with one attached hydrogen (secondary N) is 1. The van der Waals surface area contributed by atoms with Gasteiger partial charge in [0.2, 0.25) is 5.91 Å². The van der Waals surface area contributed by atoms with E-state index >= 15 is 0 Å². The van der Waals surface area contributed by atoms with Gasteiger partial charge in [0.15, 0.2) is 0 Å². The number of rotatable bonds is 4. The number of hydrogen-bond donors (Lipinski definition) is 2. The number of aromatic amines is 1. The molecule has 1 saturated heterocycles. The number of benzene rings is 2. The number of hydrogen-bond acceptors (Lipinski definition) is 6. The Labute approximate surface area is 201 Å². The molecular weight excluding hydrogens is 446 g/mol. The van der Waals surface area contributed by atoms with Crippen molar-refractivity contribution in [2.75, 3.05) is 32.8 Å². The quantitative estimate of drug-likeness (QED) is 0.588. The standard InChI is InChI=1S/C26H27N5O4/c27-26(6-7-26)25(34)31-10-8-30(9-11-31)24(33)20-14-16(13-17-5-12-35-22(17)20)15-21-18-3-1-2-4-19(18)23(32)29-28-21/h1-4,13-14H,5-12,15,27H2,(H,29,32). The summed E-state index contributed by atoms with van der Waals surface area (Å²) in [5.41, 5.74) is 8.41. The van der Waals surface area contributed by atoms with E-state index < -0.39 is 5.54 Å². The van der Waals surface area contributed by atoms with Gasteiger partial charge in [-0.1, -0.05) is 24.3 Å². The maximum absolute atomic E-state index is 13.6. The fourth-order valence-electron chi connectivity index (χ4n) is 5.08. The lowest BCUT2D eigenvalue weighted by Gasteiger charge is -2.36. The number of ether oxygens (including phenoxy) is 1. The number of aromatic nitrogens is 2. The summed E-state index contributed by atoms with van der Waals surface area (Å²) < 4.78 is 5.85. The van der Waals surface area contributed by atoms with Crippen LogP contribution in [0.5, 0.6) is 5.75 Å². The molecule has 2 aromatic carbocycles. The molecular formula is C26H27N5O4. The largest absolute Gasteiger partial charge is 0.492 e. The number of nitrogens with zero attached hydrogens (tertiary/aromatic N) is 3. The third kappa shape index (κ3) is 3.85. The molecule has 6 rings (SSSR count). The lowest BCUT2D eigenvalue weighted by molar-refractivity contribution is -0.135. The zero-order chi connectivity index (χ0) is 24.2. The molecule has 3 heterocycles. The highest BCUT2D eigenvalue weighted by Gasteiger charge is 2.48. The van der Waals surface area contributed by atoms with E-state index in [4.69, 9.17) is 10.5 Å². The third-order valence-corrected chi connectivity index (χ3v) is 7.29. The molecule has 1 aliphatic carbocycles. The van der Waals surface area contributed by atoms with Gasteiger partial charge in [-0.2, -0.15) is 5.10 Å². The number of fused-ring (bicyclic) bond motifs is 2. The molecule has 2 amide bonds. The highest BCUT2D eigenvalue weighted by Crippen LogP contribution is 2.35. The molecule has 2 fully saturated rings. The first-order valence-corrected chi connectivity index (χ1v) is 12.1. The SMILES string of the molecule is NC1(C(=O)N2CCN(C(=O)c3cc(Cc4n[nH]c(=O)c5ccccc45)cc4c3OCC4)CC2)CC1. The van der Waals surface area contributed by atoms with Gasteiger partial charge in [0.1, 0.15) is 5.75 Å². The molecule has 0 bridgehead atoms. The Morgan fingerprint density at radius 1 is 1.06 bits per heavy atom. The van der Waals surface area contributed by atoms with E-state index in [1.807, 2.05) is 24.3 Å². The second-order valence-corrected chi connectivity index (χ2v) is 9.69. The van der Waals surface area contributed by atoms with Crippen LogP contribution in [0.2, 0.25) is 0 Å². The molecule has 0 unspecified atom stereocenters. The Bertz CT molecular complexity index is 1400. The van der Waals surface area contributed by atoms with Crippen LogP contribution in [0, 0.1) is 0 Å². The van der Waals surface area contributed by atoms with Crippen LogP contribution >= 0.6 is 0 Å². The first-order chi connectivity index (χ1) is 16.9. The van der Waals surface area contributed by atoms with Crippen LogP contribution < -0.4 is 16.0 Å². The summed E-state index contributed by atoms with van der Waals surface area (Å²) in [5, 5.41) is 8.28. The summed E-state index contributed by atoms with van der Waals surface area (Å²) in [6.07, 6.45) is 2.69. The number of carbonyl (C=O) groups excluding carboxylic acids is 2. The average Bonchev–Trinajstić information content (AvgIpc) is 3.46. The molecule has 1 aromatic heterocycles. The Kier molecular flexibility index (Phi) is 5.10. The predicted octanol–water partition coefficient (Wildman–Crippen LogP) is 1.22. The van der Waals surface area contributed by atoms with Crippen molar-refractivity contribution in [1.82, 2.24) is 20.0 Å². The number of H-pyrrole nitrogens is 1.